The van der Waals surface area contributed by atoms with Crippen LogP contribution in [0.1, 0.15) is 27.0 Å². The Kier molecular flexibility index (Phi) is 4.70. The van der Waals surface area contributed by atoms with E-state index >= 15 is 0 Å². The SMILES string of the molecule is Cc1ccc(C(=O)N/N=C/c2c(F)cccc2Cl)cc1C. The van der Waals surface area contributed by atoms with Crippen LogP contribution in [0.4, 0.5) is 4.39 Å². The van der Waals surface area contributed by atoms with Crippen LogP contribution in [0.2, 0.25) is 5.02 Å². The third-order valence-electron chi connectivity index (χ3n) is 3.13. The summed E-state index contributed by atoms with van der Waals surface area (Å²) in [6.07, 6.45) is 1.19. The van der Waals surface area contributed by atoms with E-state index in [1.807, 2.05) is 19.9 Å². The van der Waals surface area contributed by atoms with Crippen LogP contribution >= 0.6 is 11.6 Å². The first kappa shape index (κ1) is 15.2. The number of rotatable bonds is 3. The lowest BCUT2D eigenvalue weighted by Gasteiger charge is -2.04. The lowest BCUT2D eigenvalue weighted by Crippen LogP contribution is -2.18. The Morgan fingerprint density at radius 1 is 1.24 bits per heavy atom. The van der Waals surface area contributed by atoms with E-state index in [4.69, 9.17) is 11.6 Å². The molecular weight excluding hydrogens is 291 g/mol. The molecule has 5 heteroatoms. The lowest BCUT2D eigenvalue weighted by atomic mass is 10.1. The van der Waals surface area contributed by atoms with Crippen molar-refractivity contribution < 1.29 is 9.18 Å². The second kappa shape index (κ2) is 6.50. The molecule has 0 bridgehead atoms. The summed E-state index contributed by atoms with van der Waals surface area (Å²) in [6, 6.07) is 9.68. The second-order valence-electron chi connectivity index (χ2n) is 4.63. The summed E-state index contributed by atoms with van der Waals surface area (Å²) >= 11 is 5.86. The monoisotopic (exact) mass is 304 g/mol. The summed E-state index contributed by atoms with van der Waals surface area (Å²) < 4.78 is 13.5. The molecule has 2 aromatic carbocycles. The van der Waals surface area contributed by atoms with E-state index in [0.29, 0.717) is 5.56 Å². The Labute approximate surface area is 127 Å². The van der Waals surface area contributed by atoms with Gasteiger partial charge >= 0.3 is 0 Å². The second-order valence-corrected chi connectivity index (χ2v) is 5.04. The Balaban J connectivity index is 2.10. The maximum atomic E-state index is 13.5. The van der Waals surface area contributed by atoms with Gasteiger partial charge in [-0.15, -0.1) is 0 Å². The molecule has 21 heavy (non-hydrogen) atoms. The number of hydrogen-bond acceptors (Lipinski definition) is 2. The zero-order valence-corrected chi connectivity index (χ0v) is 12.4. The molecule has 1 N–H and O–H groups in total. The summed E-state index contributed by atoms with van der Waals surface area (Å²) in [4.78, 5) is 11.9. The van der Waals surface area contributed by atoms with Crippen molar-refractivity contribution in [3.05, 3.63) is 69.5 Å². The molecule has 0 saturated carbocycles. The molecule has 0 radical (unpaired) electrons. The van der Waals surface area contributed by atoms with Gasteiger partial charge in [-0.2, -0.15) is 5.10 Å². The van der Waals surface area contributed by atoms with Gasteiger partial charge in [-0.05, 0) is 49.2 Å². The first-order valence-corrected chi connectivity index (χ1v) is 6.71. The fraction of sp³-hybridized carbons (Fsp3) is 0.125. The molecule has 0 aromatic heterocycles. The van der Waals surface area contributed by atoms with Crippen molar-refractivity contribution in [2.45, 2.75) is 13.8 Å². The first-order valence-electron chi connectivity index (χ1n) is 6.33. The minimum atomic E-state index is -0.494. The van der Waals surface area contributed by atoms with Gasteiger partial charge in [0.05, 0.1) is 11.2 Å². The van der Waals surface area contributed by atoms with Crippen LogP contribution in [0.15, 0.2) is 41.5 Å². The van der Waals surface area contributed by atoms with E-state index < -0.39 is 5.82 Å². The van der Waals surface area contributed by atoms with Gasteiger partial charge in [0, 0.05) is 11.1 Å². The Bertz CT molecular complexity index is 693. The topological polar surface area (TPSA) is 41.5 Å². The fourth-order valence-corrected chi connectivity index (χ4v) is 1.95. The highest BCUT2D eigenvalue weighted by molar-refractivity contribution is 6.33. The molecule has 0 unspecified atom stereocenters. The molecule has 1 amide bonds. The first-order chi connectivity index (χ1) is 9.99. The van der Waals surface area contributed by atoms with Crippen LogP contribution in [0.5, 0.6) is 0 Å². The summed E-state index contributed by atoms with van der Waals surface area (Å²) in [5.74, 6) is -0.853. The molecule has 0 saturated heterocycles. The van der Waals surface area contributed by atoms with Crippen molar-refractivity contribution in [3.63, 3.8) is 0 Å². The van der Waals surface area contributed by atoms with Gasteiger partial charge in [0.25, 0.3) is 5.91 Å². The van der Waals surface area contributed by atoms with Crippen LogP contribution in [0.3, 0.4) is 0 Å². The Hall–Kier alpha value is -2.20. The summed E-state index contributed by atoms with van der Waals surface area (Å²) in [6.45, 7) is 3.89. The van der Waals surface area contributed by atoms with E-state index in [1.165, 1.54) is 18.3 Å². The smallest absolute Gasteiger partial charge is 0.267 e. The van der Waals surface area contributed by atoms with Crippen LogP contribution in [0, 0.1) is 19.7 Å². The molecule has 0 fully saturated rings. The zero-order valence-electron chi connectivity index (χ0n) is 11.7. The maximum absolute atomic E-state index is 13.5. The van der Waals surface area contributed by atoms with Crippen molar-refractivity contribution in [3.8, 4) is 0 Å². The average Bonchev–Trinajstić information content (AvgIpc) is 2.45. The van der Waals surface area contributed by atoms with E-state index in [9.17, 15) is 9.18 Å². The molecule has 0 spiro atoms. The number of halogens is 2. The van der Waals surface area contributed by atoms with Crippen LogP contribution < -0.4 is 5.43 Å². The van der Waals surface area contributed by atoms with Crippen LogP contribution in [0.25, 0.3) is 0 Å². The highest BCUT2D eigenvalue weighted by atomic mass is 35.5. The quantitative estimate of drug-likeness (QED) is 0.679. The van der Waals surface area contributed by atoms with Gasteiger partial charge in [0.1, 0.15) is 5.82 Å². The van der Waals surface area contributed by atoms with Crippen LogP contribution in [-0.2, 0) is 0 Å². The molecule has 0 aliphatic rings. The summed E-state index contributed by atoms with van der Waals surface area (Å²) in [5.41, 5.74) is 5.11. The fourth-order valence-electron chi connectivity index (χ4n) is 1.74. The summed E-state index contributed by atoms with van der Waals surface area (Å²) in [7, 11) is 0. The normalized spacial score (nSPS) is 10.9. The predicted molar refractivity (Wildman–Crippen MR) is 82.4 cm³/mol. The van der Waals surface area contributed by atoms with Crippen LogP contribution in [-0.4, -0.2) is 12.1 Å². The minimum Gasteiger partial charge on any atom is -0.267 e. The number of nitrogens with zero attached hydrogens (tertiary/aromatic N) is 1. The minimum absolute atomic E-state index is 0.138. The van der Waals surface area contributed by atoms with Crippen molar-refractivity contribution in [2.75, 3.05) is 0 Å². The number of amides is 1. The average molecular weight is 305 g/mol. The number of carbonyl (C=O) groups is 1. The molecular formula is C16H14ClFN2O. The van der Waals surface area contributed by atoms with Crippen molar-refractivity contribution in [2.24, 2.45) is 5.10 Å². The third kappa shape index (κ3) is 3.67. The predicted octanol–water partition coefficient (Wildman–Crippen LogP) is 3.86. The van der Waals surface area contributed by atoms with Gasteiger partial charge in [-0.1, -0.05) is 23.7 Å². The number of benzene rings is 2. The molecule has 2 aromatic rings. The molecule has 2 rings (SSSR count). The lowest BCUT2D eigenvalue weighted by molar-refractivity contribution is 0.0955. The standard InChI is InChI=1S/C16H14ClFN2O/c1-10-6-7-12(8-11(10)2)16(21)20-19-9-13-14(17)4-3-5-15(13)18/h3-9H,1-2H3,(H,20,21)/b19-9+. The number of hydrazone groups is 1. The van der Waals surface area contributed by atoms with E-state index in [2.05, 4.69) is 10.5 Å². The molecule has 0 aliphatic heterocycles. The molecule has 0 heterocycles. The van der Waals surface area contributed by atoms with Gasteiger partial charge in [0.15, 0.2) is 0 Å². The van der Waals surface area contributed by atoms with Crippen molar-refractivity contribution in [1.29, 1.82) is 0 Å². The molecule has 108 valence electrons. The molecule has 0 aliphatic carbocycles. The number of nitrogens with one attached hydrogen (secondary N) is 1. The van der Waals surface area contributed by atoms with Crippen molar-refractivity contribution >= 4 is 23.7 Å². The van der Waals surface area contributed by atoms with Gasteiger partial charge in [-0.25, -0.2) is 9.82 Å². The highest BCUT2D eigenvalue weighted by Crippen LogP contribution is 2.16. The van der Waals surface area contributed by atoms with Crippen molar-refractivity contribution in [1.82, 2.24) is 5.43 Å². The van der Waals surface area contributed by atoms with E-state index in [-0.39, 0.29) is 16.5 Å². The molecule has 0 atom stereocenters. The van der Waals surface area contributed by atoms with E-state index in [0.717, 1.165) is 11.1 Å². The largest absolute Gasteiger partial charge is 0.271 e. The molecule has 3 nitrogen and oxygen atoms in total. The van der Waals surface area contributed by atoms with Gasteiger partial charge < -0.3 is 0 Å². The maximum Gasteiger partial charge on any atom is 0.271 e. The van der Waals surface area contributed by atoms with Gasteiger partial charge in [-0.3, -0.25) is 4.79 Å². The van der Waals surface area contributed by atoms with Gasteiger partial charge in [0.2, 0.25) is 0 Å². The summed E-state index contributed by atoms with van der Waals surface area (Å²) in [5, 5.41) is 3.98. The van der Waals surface area contributed by atoms with E-state index in [1.54, 1.807) is 18.2 Å². The number of aryl methyl sites for hydroxylation is 2. The highest BCUT2D eigenvalue weighted by Gasteiger charge is 2.06. The Morgan fingerprint density at radius 3 is 2.67 bits per heavy atom. The number of carbonyl (C=O) groups excluding carboxylic acids is 1. The Morgan fingerprint density at radius 2 is 2.00 bits per heavy atom. The third-order valence-corrected chi connectivity index (χ3v) is 3.46. The zero-order chi connectivity index (χ0) is 15.4. The number of hydrogen-bond donors (Lipinski definition) is 1.